The molecule has 0 bridgehead atoms. The average molecular weight is 437 g/mol. The minimum atomic E-state index is -4.49. The fourth-order valence-corrected chi connectivity index (χ4v) is 3.64. The first-order valence-electron chi connectivity index (χ1n) is 9.79. The maximum absolute atomic E-state index is 13.4. The van der Waals surface area contributed by atoms with Crippen LogP contribution >= 0.6 is 0 Å². The highest BCUT2D eigenvalue weighted by molar-refractivity contribution is 5.94. The van der Waals surface area contributed by atoms with Crippen LogP contribution in [0.5, 0.6) is 0 Å². The topological polar surface area (TPSA) is 46.6 Å². The summed E-state index contributed by atoms with van der Waals surface area (Å²) < 4.78 is 57.3. The van der Waals surface area contributed by atoms with Crippen LogP contribution in [0.2, 0.25) is 0 Å². The molecule has 1 aliphatic rings. The Bertz CT molecular complexity index is 947. The first-order chi connectivity index (χ1) is 14.4. The summed E-state index contributed by atoms with van der Waals surface area (Å²) in [5.74, 6) is -1.64. The second kappa shape index (κ2) is 8.32. The molecule has 1 fully saturated rings. The Morgan fingerprint density at radius 2 is 1.55 bits per heavy atom. The number of alkyl halides is 3. The third kappa shape index (κ3) is 5.06. The Labute approximate surface area is 177 Å². The molecule has 31 heavy (non-hydrogen) atoms. The number of carbonyl (C=O) groups excluding carboxylic acids is 2. The molecule has 2 aromatic rings. The minimum absolute atomic E-state index is 0.0789. The van der Waals surface area contributed by atoms with Crippen molar-refractivity contribution in [1.82, 2.24) is 4.90 Å². The average Bonchev–Trinajstić information content (AvgIpc) is 3.08. The lowest BCUT2D eigenvalue weighted by Crippen LogP contribution is -2.46. The number of benzene rings is 2. The molecule has 1 heterocycles. The van der Waals surface area contributed by atoms with Crippen molar-refractivity contribution in [3.05, 3.63) is 71.0 Å². The molecule has 3 rings (SSSR count). The van der Waals surface area contributed by atoms with Gasteiger partial charge in [-0.2, -0.15) is 13.2 Å². The molecule has 0 unspecified atom stereocenters. The van der Waals surface area contributed by atoms with Gasteiger partial charge in [-0.3, -0.25) is 4.79 Å². The summed E-state index contributed by atoms with van der Waals surface area (Å²) in [6, 6.07) is 9.42. The van der Waals surface area contributed by atoms with Crippen LogP contribution in [0.1, 0.15) is 49.8 Å². The van der Waals surface area contributed by atoms with Gasteiger partial charge in [0.05, 0.1) is 11.6 Å². The van der Waals surface area contributed by atoms with Gasteiger partial charge in [-0.1, -0.05) is 45.0 Å². The van der Waals surface area contributed by atoms with E-state index in [-0.39, 0.29) is 13.0 Å². The van der Waals surface area contributed by atoms with Gasteiger partial charge in [-0.05, 0) is 40.8 Å². The van der Waals surface area contributed by atoms with Crippen LogP contribution < -0.4 is 0 Å². The van der Waals surface area contributed by atoms with Crippen molar-refractivity contribution in [3.63, 3.8) is 0 Å². The molecule has 0 spiro atoms. The number of hydrogen-bond donors (Lipinski definition) is 0. The van der Waals surface area contributed by atoms with Crippen LogP contribution in [0.25, 0.3) is 0 Å². The van der Waals surface area contributed by atoms with Crippen molar-refractivity contribution in [2.45, 2.75) is 45.3 Å². The van der Waals surface area contributed by atoms with Crippen molar-refractivity contribution in [1.29, 1.82) is 0 Å². The zero-order valence-corrected chi connectivity index (χ0v) is 17.4. The quantitative estimate of drug-likeness (QED) is 0.572. The van der Waals surface area contributed by atoms with Gasteiger partial charge in [0.1, 0.15) is 12.4 Å². The lowest BCUT2D eigenvalue weighted by Gasteiger charge is -2.31. The SMILES string of the molecule is CC(C)(C)[C@H]1COC(=O)N1C(=O)C[C@@H](c1ccc(F)cc1)c1ccc(C(F)(F)F)cc1. The van der Waals surface area contributed by atoms with E-state index in [1.54, 1.807) is 0 Å². The number of amides is 2. The predicted molar refractivity (Wildman–Crippen MR) is 106 cm³/mol. The van der Waals surface area contributed by atoms with Gasteiger partial charge in [-0.15, -0.1) is 0 Å². The Balaban J connectivity index is 1.94. The summed E-state index contributed by atoms with van der Waals surface area (Å²) in [6.45, 7) is 5.73. The molecule has 8 heteroatoms. The number of carbonyl (C=O) groups is 2. The highest BCUT2D eigenvalue weighted by Crippen LogP contribution is 2.35. The van der Waals surface area contributed by atoms with E-state index in [9.17, 15) is 27.2 Å². The molecule has 0 radical (unpaired) electrons. The molecule has 0 saturated carbocycles. The number of hydrogen-bond acceptors (Lipinski definition) is 3. The van der Waals surface area contributed by atoms with Crippen LogP contribution in [-0.4, -0.2) is 29.5 Å². The summed E-state index contributed by atoms with van der Waals surface area (Å²) in [6.07, 6.45) is -5.41. The van der Waals surface area contributed by atoms with Gasteiger partial charge in [0.2, 0.25) is 5.91 Å². The second-order valence-electron chi connectivity index (χ2n) is 8.65. The largest absolute Gasteiger partial charge is 0.447 e. The molecule has 2 atom stereocenters. The van der Waals surface area contributed by atoms with E-state index in [1.165, 1.54) is 36.4 Å². The van der Waals surface area contributed by atoms with Gasteiger partial charge in [0.25, 0.3) is 0 Å². The Kier molecular flexibility index (Phi) is 6.11. The minimum Gasteiger partial charge on any atom is -0.447 e. The fraction of sp³-hybridized carbons (Fsp3) is 0.391. The molecule has 2 aromatic carbocycles. The summed E-state index contributed by atoms with van der Waals surface area (Å²) >= 11 is 0. The van der Waals surface area contributed by atoms with E-state index in [0.29, 0.717) is 11.1 Å². The highest BCUT2D eigenvalue weighted by atomic mass is 19.4. The van der Waals surface area contributed by atoms with Gasteiger partial charge in [-0.25, -0.2) is 14.1 Å². The molecule has 166 valence electrons. The van der Waals surface area contributed by atoms with Crippen LogP contribution in [0.4, 0.5) is 22.4 Å². The molecule has 2 amide bonds. The standard InChI is InChI=1S/C23H23F4NO3/c1-22(2,3)19-13-31-21(30)28(19)20(29)12-18(15-6-10-17(24)11-7-15)14-4-8-16(9-5-14)23(25,26)27/h4-11,18-19H,12-13H2,1-3H3/t18-,19-/m1/s1. The number of ether oxygens (including phenoxy) is 1. The summed E-state index contributed by atoms with van der Waals surface area (Å²) in [5, 5.41) is 0. The summed E-state index contributed by atoms with van der Waals surface area (Å²) in [7, 11) is 0. The molecular formula is C23H23F4NO3. The maximum atomic E-state index is 13.4. The molecule has 1 saturated heterocycles. The number of rotatable bonds is 4. The highest BCUT2D eigenvalue weighted by Gasteiger charge is 2.44. The third-order valence-electron chi connectivity index (χ3n) is 5.43. The van der Waals surface area contributed by atoms with Crippen molar-refractivity contribution >= 4 is 12.0 Å². The van der Waals surface area contributed by atoms with Crippen LogP contribution in [0, 0.1) is 11.2 Å². The van der Waals surface area contributed by atoms with E-state index in [1.807, 2.05) is 20.8 Å². The molecule has 4 nitrogen and oxygen atoms in total. The summed E-state index contributed by atoms with van der Waals surface area (Å²) in [4.78, 5) is 26.5. The Hall–Kier alpha value is -2.90. The van der Waals surface area contributed by atoms with Gasteiger partial charge < -0.3 is 4.74 Å². The molecular weight excluding hydrogens is 414 g/mol. The predicted octanol–water partition coefficient (Wildman–Crippen LogP) is 5.76. The van der Waals surface area contributed by atoms with Crippen LogP contribution in [0.15, 0.2) is 48.5 Å². The van der Waals surface area contributed by atoms with Crippen molar-refractivity contribution in [3.8, 4) is 0 Å². The van der Waals surface area contributed by atoms with Crippen LogP contribution in [0.3, 0.4) is 0 Å². The van der Waals surface area contributed by atoms with E-state index in [4.69, 9.17) is 4.74 Å². The van der Waals surface area contributed by atoms with Crippen molar-refractivity contribution in [2.75, 3.05) is 6.61 Å². The second-order valence-corrected chi connectivity index (χ2v) is 8.65. The van der Waals surface area contributed by atoms with E-state index >= 15 is 0 Å². The van der Waals surface area contributed by atoms with Gasteiger partial charge >= 0.3 is 12.3 Å². The zero-order valence-electron chi connectivity index (χ0n) is 17.4. The summed E-state index contributed by atoms with van der Waals surface area (Å²) in [5.41, 5.74) is -0.222. The van der Waals surface area contributed by atoms with Crippen molar-refractivity contribution < 1.29 is 31.9 Å². The van der Waals surface area contributed by atoms with Crippen molar-refractivity contribution in [2.24, 2.45) is 5.41 Å². The normalized spacial score (nSPS) is 18.1. The number of imide groups is 1. The zero-order chi connectivity index (χ0) is 23.0. The first-order valence-corrected chi connectivity index (χ1v) is 9.79. The van der Waals surface area contributed by atoms with Crippen LogP contribution in [-0.2, 0) is 15.7 Å². The maximum Gasteiger partial charge on any atom is 0.416 e. The van der Waals surface area contributed by atoms with E-state index in [2.05, 4.69) is 0 Å². The van der Waals surface area contributed by atoms with Gasteiger partial charge in [0, 0.05) is 12.3 Å². The molecule has 0 N–H and O–H groups in total. The molecule has 0 aromatic heterocycles. The van der Waals surface area contributed by atoms with E-state index < -0.39 is 46.9 Å². The monoisotopic (exact) mass is 437 g/mol. The lowest BCUT2D eigenvalue weighted by molar-refractivity contribution is -0.137. The third-order valence-corrected chi connectivity index (χ3v) is 5.43. The Morgan fingerprint density at radius 1 is 1.03 bits per heavy atom. The molecule has 1 aliphatic heterocycles. The Morgan fingerprint density at radius 3 is 2.03 bits per heavy atom. The smallest absolute Gasteiger partial charge is 0.416 e. The number of nitrogens with zero attached hydrogens (tertiary/aromatic N) is 1. The molecule has 0 aliphatic carbocycles. The number of halogens is 4. The fourth-order valence-electron chi connectivity index (χ4n) is 3.64. The van der Waals surface area contributed by atoms with Gasteiger partial charge in [0.15, 0.2) is 0 Å². The van der Waals surface area contributed by atoms with E-state index in [0.717, 1.165) is 17.0 Å². The first kappa shape index (κ1) is 22.8. The lowest BCUT2D eigenvalue weighted by atomic mass is 9.85. The number of cyclic esters (lactones) is 1.